The maximum atomic E-state index is 11.1. The molecule has 1 aliphatic heterocycles. The molecule has 2 aromatic rings. The number of aldehydes is 1. The minimum Gasteiger partial charge on any atom is -0.348 e. The Labute approximate surface area is 108 Å². The highest BCUT2D eigenvalue weighted by atomic mass is 32.1. The Morgan fingerprint density at radius 2 is 2.18 bits per heavy atom. The number of carbonyl (C=O) groups is 1. The summed E-state index contributed by atoms with van der Waals surface area (Å²) in [5.74, 6) is 0. The third-order valence-corrected chi connectivity index (χ3v) is 4.80. The molecule has 0 saturated carbocycles. The van der Waals surface area contributed by atoms with Crippen molar-refractivity contribution in [3.05, 3.63) is 22.4 Å². The number of thiazole rings is 1. The summed E-state index contributed by atoms with van der Waals surface area (Å²) >= 11 is 3.14. The lowest BCUT2D eigenvalue weighted by molar-refractivity contribution is 0.112. The van der Waals surface area contributed by atoms with Gasteiger partial charge in [-0.25, -0.2) is 4.98 Å². The van der Waals surface area contributed by atoms with Gasteiger partial charge < -0.3 is 4.90 Å². The minimum atomic E-state index is 0.745. The lowest BCUT2D eigenvalue weighted by Gasteiger charge is -2.11. The van der Waals surface area contributed by atoms with E-state index in [0.717, 1.165) is 40.0 Å². The van der Waals surface area contributed by atoms with Crippen LogP contribution in [0.5, 0.6) is 0 Å². The van der Waals surface area contributed by atoms with Gasteiger partial charge in [0.2, 0.25) is 0 Å². The molecule has 0 spiro atoms. The van der Waals surface area contributed by atoms with E-state index in [1.807, 2.05) is 17.5 Å². The Balaban J connectivity index is 2.00. The van der Waals surface area contributed by atoms with Gasteiger partial charge in [-0.3, -0.25) is 4.79 Å². The summed E-state index contributed by atoms with van der Waals surface area (Å²) in [4.78, 5) is 19.8. The van der Waals surface area contributed by atoms with E-state index in [9.17, 15) is 4.79 Å². The van der Waals surface area contributed by atoms with Crippen LogP contribution in [0.4, 0.5) is 5.13 Å². The van der Waals surface area contributed by atoms with Gasteiger partial charge in [0.15, 0.2) is 11.4 Å². The molecule has 0 amide bonds. The van der Waals surface area contributed by atoms with E-state index < -0.39 is 0 Å². The second kappa shape index (κ2) is 4.58. The molecule has 1 fully saturated rings. The Bertz CT molecular complexity index is 513. The normalized spacial score (nSPS) is 15.4. The molecule has 3 nitrogen and oxygen atoms in total. The first kappa shape index (κ1) is 10.9. The zero-order chi connectivity index (χ0) is 11.7. The maximum Gasteiger partial charge on any atom is 0.186 e. The second-order valence-corrected chi connectivity index (χ2v) is 5.96. The zero-order valence-electron chi connectivity index (χ0n) is 9.26. The van der Waals surface area contributed by atoms with Crippen molar-refractivity contribution in [1.82, 2.24) is 4.98 Å². The minimum absolute atomic E-state index is 0.745. The Hall–Kier alpha value is -1.20. The fourth-order valence-corrected chi connectivity index (χ4v) is 3.77. The van der Waals surface area contributed by atoms with E-state index >= 15 is 0 Å². The predicted octanol–water partition coefficient (Wildman–Crippen LogP) is 3.28. The van der Waals surface area contributed by atoms with Crippen LogP contribution in [-0.4, -0.2) is 24.4 Å². The van der Waals surface area contributed by atoms with Crippen LogP contribution in [0.2, 0.25) is 0 Å². The molecular formula is C12H12N2OS2. The smallest absolute Gasteiger partial charge is 0.186 e. The van der Waals surface area contributed by atoms with E-state index in [1.165, 1.54) is 24.2 Å². The van der Waals surface area contributed by atoms with Crippen molar-refractivity contribution in [2.45, 2.75) is 12.8 Å². The second-order valence-electron chi connectivity index (χ2n) is 4.00. The molecule has 1 saturated heterocycles. The van der Waals surface area contributed by atoms with Crippen LogP contribution in [0.1, 0.15) is 22.5 Å². The molecule has 1 aliphatic rings. The van der Waals surface area contributed by atoms with Gasteiger partial charge in [-0.2, -0.15) is 0 Å². The quantitative estimate of drug-likeness (QED) is 0.798. The van der Waals surface area contributed by atoms with E-state index in [0.29, 0.717) is 0 Å². The van der Waals surface area contributed by atoms with Crippen LogP contribution in [-0.2, 0) is 0 Å². The summed E-state index contributed by atoms with van der Waals surface area (Å²) in [7, 11) is 0. The van der Waals surface area contributed by atoms with Crippen LogP contribution in [0, 0.1) is 0 Å². The third kappa shape index (κ3) is 2.00. The highest BCUT2D eigenvalue weighted by molar-refractivity contribution is 7.18. The van der Waals surface area contributed by atoms with Crippen LogP contribution in [0.15, 0.2) is 17.5 Å². The summed E-state index contributed by atoms with van der Waals surface area (Å²) in [5, 5.41) is 3.01. The number of rotatable bonds is 3. The molecule has 0 aliphatic carbocycles. The summed E-state index contributed by atoms with van der Waals surface area (Å²) in [6, 6.07) is 4.00. The topological polar surface area (TPSA) is 33.2 Å². The van der Waals surface area contributed by atoms with Crippen LogP contribution >= 0.6 is 22.7 Å². The molecule has 17 heavy (non-hydrogen) atoms. The lowest BCUT2D eigenvalue weighted by atomic mass is 10.3. The third-order valence-electron chi connectivity index (χ3n) is 2.88. The lowest BCUT2D eigenvalue weighted by Crippen LogP contribution is -2.16. The van der Waals surface area contributed by atoms with Crippen molar-refractivity contribution in [3.63, 3.8) is 0 Å². The molecule has 3 heterocycles. The van der Waals surface area contributed by atoms with Gasteiger partial charge in [0.05, 0.1) is 9.75 Å². The van der Waals surface area contributed by atoms with Crippen molar-refractivity contribution in [3.8, 4) is 10.6 Å². The monoisotopic (exact) mass is 264 g/mol. The Morgan fingerprint density at radius 1 is 1.35 bits per heavy atom. The highest BCUT2D eigenvalue weighted by Crippen LogP contribution is 2.35. The van der Waals surface area contributed by atoms with Crippen molar-refractivity contribution >= 4 is 34.1 Å². The van der Waals surface area contributed by atoms with Crippen molar-refractivity contribution in [2.24, 2.45) is 0 Å². The van der Waals surface area contributed by atoms with E-state index in [4.69, 9.17) is 0 Å². The Kier molecular flexibility index (Phi) is 2.94. The van der Waals surface area contributed by atoms with E-state index in [-0.39, 0.29) is 0 Å². The van der Waals surface area contributed by atoms with Gasteiger partial charge in [-0.1, -0.05) is 17.4 Å². The molecule has 5 heteroatoms. The molecule has 0 N–H and O–H groups in total. The Morgan fingerprint density at radius 3 is 2.82 bits per heavy atom. The van der Waals surface area contributed by atoms with Crippen molar-refractivity contribution in [2.75, 3.05) is 18.0 Å². The molecular weight excluding hydrogens is 252 g/mol. The van der Waals surface area contributed by atoms with Gasteiger partial charge in [-0.05, 0) is 24.3 Å². The van der Waals surface area contributed by atoms with E-state index in [1.54, 1.807) is 11.3 Å². The predicted molar refractivity (Wildman–Crippen MR) is 72.3 cm³/mol. The summed E-state index contributed by atoms with van der Waals surface area (Å²) in [6.45, 7) is 2.13. The molecule has 2 aromatic heterocycles. The van der Waals surface area contributed by atoms with Gasteiger partial charge in [0.25, 0.3) is 0 Å². The fraction of sp³-hybridized carbons (Fsp3) is 0.333. The van der Waals surface area contributed by atoms with Gasteiger partial charge >= 0.3 is 0 Å². The highest BCUT2D eigenvalue weighted by Gasteiger charge is 2.20. The zero-order valence-corrected chi connectivity index (χ0v) is 10.9. The summed E-state index contributed by atoms with van der Waals surface area (Å²) in [6.07, 6.45) is 3.38. The molecule has 0 unspecified atom stereocenters. The van der Waals surface area contributed by atoms with E-state index in [2.05, 4.69) is 9.88 Å². The first-order valence-corrected chi connectivity index (χ1v) is 7.33. The maximum absolute atomic E-state index is 11.1. The summed E-state index contributed by atoms with van der Waals surface area (Å²) < 4.78 is 0. The van der Waals surface area contributed by atoms with Crippen LogP contribution in [0.25, 0.3) is 10.6 Å². The van der Waals surface area contributed by atoms with Crippen LogP contribution in [0.3, 0.4) is 0 Å². The molecule has 0 aromatic carbocycles. The van der Waals surface area contributed by atoms with Crippen molar-refractivity contribution < 1.29 is 4.79 Å². The molecule has 0 bridgehead atoms. The number of hydrogen-bond acceptors (Lipinski definition) is 5. The van der Waals surface area contributed by atoms with Gasteiger partial charge in [0.1, 0.15) is 5.69 Å². The number of thiophene rings is 1. The number of aromatic nitrogens is 1. The number of nitrogens with zero attached hydrogens (tertiary/aromatic N) is 2. The molecule has 3 rings (SSSR count). The molecule has 0 radical (unpaired) electrons. The number of hydrogen-bond donors (Lipinski definition) is 0. The standard InChI is InChI=1S/C12H12N2OS2/c15-8-10-11(9-4-3-7-16-9)13-12(17-10)14-5-1-2-6-14/h3-4,7-8H,1-2,5-6H2. The van der Waals surface area contributed by atoms with Gasteiger partial charge in [0, 0.05) is 13.1 Å². The average Bonchev–Trinajstić information content (AvgIpc) is 3.09. The summed E-state index contributed by atoms with van der Waals surface area (Å²) in [5.41, 5.74) is 0.849. The SMILES string of the molecule is O=Cc1sc(N2CCCC2)nc1-c1cccs1. The van der Waals surface area contributed by atoms with Gasteiger partial charge in [-0.15, -0.1) is 11.3 Å². The number of carbonyl (C=O) groups excluding carboxylic acids is 1. The molecule has 0 atom stereocenters. The van der Waals surface area contributed by atoms with Crippen molar-refractivity contribution in [1.29, 1.82) is 0 Å². The average molecular weight is 264 g/mol. The molecule has 88 valence electrons. The largest absolute Gasteiger partial charge is 0.348 e. The first-order valence-electron chi connectivity index (χ1n) is 5.63. The van der Waals surface area contributed by atoms with Crippen LogP contribution < -0.4 is 4.90 Å². The first-order chi connectivity index (χ1) is 8.38. The number of anilines is 1. The fourth-order valence-electron chi connectivity index (χ4n) is 2.03.